The Morgan fingerprint density at radius 1 is 0.627 bits per heavy atom. The van der Waals surface area contributed by atoms with Crippen molar-refractivity contribution in [1.29, 1.82) is 0 Å². The summed E-state index contributed by atoms with van der Waals surface area (Å²) in [5, 5.41) is 0.622. The van der Waals surface area contributed by atoms with Gasteiger partial charge in [-0.25, -0.2) is 4.79 Å². The summed E-state index contributed by atoms with van der Waals surface area (Å²) in [5.41, 5.74) is 6.83. The van der Waals surface area contributed by atoms with Crippen LogP contribution in [0.25, 0.3) is 6.08 Å². The second-order valence-electron chi connectivity index (χ2n) is 14.4. The van der Waals surface area contributed by atoms with Crippen LogP contribution in [0.2, 0.25) is 5.02 Å². The number of carbonyl (C=O) groups is 1. The van der Waals surface area contributed by atoms with Crippen LogP contribution < -0.4 is 4.74 Å². The Balaban J connectivity index is 1.35. The molecule has 1 saturated heterocycles. The average Bonchev–Trinajstić information content (AvgIpc) is 3.28. The van der Waals surface area contributed by atoms with Crippen molar-refractivity contribution in [2.45, 2.75) is 63.7 Å². The van der Waals surface area contributed by atoms with Crippen molar-refractivity contribution in [2.24, 2.45) is 0 Å². The largest absolute Gasteiger partial charge is 0.494 e. The molecule has 1 aliphatic rings. The van der Waals surface area contributed by atoms with Crippen molar-refractivity contribution in [2.75, 3.05) is 13.7 Å². The Labute approximate surface area is 352 Å². The van der Waals surface area contributed by atoms with Gasteiger partial charge in [-0.15, -0.1) is 0 Å². The smallest absolute Gasteiger partial charge is 0.336 e. The molecule has 0 saturated carbocycles. The van der Waals surface area contributed by atoms with Gasteiger partial charge in [-0.3, -0.25) is 0 Å². The molecule has 1 aliphatic heterocycles. The maximum Gasteiger partial charge on any atom is 0.336 e. The number of esters is 1. The third kappa shape index (κ3) is 11.1. The summed E-state index contributed by atoms with van der Waals surface area (Å²) >= 11 is 6.93. The molecule has 8 heteroatoms. The maximum absolute atomic E-state index is 14.0. The Hall–Kier alpha value is -5.54. The van der Waals surface area contributed by atoms with Crippen LogP contribution in [-0.4, -0.2) is 44.1 Å². The van der Waals surface area contributed by atoms with Gasteiger partial charge < -0.3 is 28.4 Å². The second-order valence-corrected chi connectivity index (χ2v) is 14.8. The van der Waals surface area contributed by atoms with Gasteiger partial charge in [-0.1, -0.05) is 157 Å². The monoisotopic (exact) mass is 808 g/mol. The fourth-order valence-corrected chi connectivity index (χ4v) is 7.50. The minimum atomic E-state index is -0.945. The highest BCUT2D eigenvalue weighted by atomic mass is 35.5. The van der Waals surface area contributed by atoms with E-state index in [4.69, 9.17) is 40.0 Å². The normalized spacial score (nSPS) is 19.2. The number of carbonyl (C=O) groups excluding carboxylic acids is 1. The van der Waals surface area contributed by atoms with Crippen LogP contribution in [0.3, 0.4) is 0 Å². The van der Waals surface area contributed by atoms with Gasteiger partial charge in [0, 0.05) is 5.02 Å². The summed E-state index contributed by atoms with van der Waals surface area (Å²) in [6.07, 6.45) is -1.55. The number of hydrogen-bond acceptors (Lipinski definition) is 7. The number of methoxy groups -OCH3 is 1. The van der Waals surface area contributed by atoms with Gasteiger partial charge in [0.25, 0.3) is 0 Å². The quantitative estimate of drug-likeness (QED) is 0.0671. The Morgan fingerprint density at radius 3 is 1.69 bits per heavy atom. The zero-order valence-electron chi connectivity index (χ0n) is 33.3. The molecule has 0 aliphatic carbocycles. The summed E-state index contributed by atoms with van der Waals surface area (Å²) in [7, 11) is 1.38. The Morgan fingerprint density at radius 2 is 1.15 bits per heavy atom. The predicted octanol–water partition coefficient (Wildman–Crippen LogP) is 10.8. The average molecular weight is 809 g/mol. The first-order valence-electron chi connectivity index (χ1n) is 20.0. The molecule has 0 radical (unpaired) electrons. The van der Waals surface area contributed by atoms with Crippen LogP contribution in [0.4, 0.5) is 0 Å². The topological polar surface area (TPSA) is 72.5 Å². The maximum atomic E-state index is 14.0. The van der Waals surface area contributed by atoms with E-state index in [0.717, 1.165) is 44.7 Å². The van der Waals surface area contributed by atoms with Gasteiger partial charge in [0.2, 0.25) is 0 Å². The third-order valence-corrected chi connectivity index (χ3v) is 10.6. The van der Waals surface area contributed by atoms with Crippen LogP contribution >= 0.6 is 11.6 Å². The van der Waals surface area contributed by atoms with Crippen LogP contribution in [0.5, 0.6) is 5.75 Å². The second kappa shape index (κ2) is 20.9. The van der Waals surface area contributed by atoms with Crippen LogP contribution in [0.15, 0.2) is 169 Å². The molecular formula is C51H49ClO7. The number of ether oxygens (including phenoxy) is 6. The van der Waals surface area contributed by atoms with Crippen molar-refractivity contribution in [1.82, 2.24) is 0 Å². The molecule has 7 nitrogen and oxygen atoms in total. The first-order valence-corrected chi connectivity index (χ1v) is 20.3. The molecule has 1 fully saturated rings. The lowest BCUT2D eigenvalue weighted by molar-refractivity contribution is -0.260. The van der Waals surface area contributed by atoms with Gasteiger partial charge in [0.15, 0.2) is 0 Å². The van der Waals surface area contributed by atoms with E-state index in [2.05, 4.69) is 6.07 Å². The molecule has 0 N–H and O–H groups in total. The highest BCUT2D eigenvalue weighted by Gasteiger charge is 2.51. The number of rotatable bonds is 17. The van der Waals surface area contributed by atoms with Gasteiger partial charge in [-0.2, -0.15) is 0 Å². The van der Waals surface area contributed by atoms with Crippen LogP contribution in [0.1, 0.15) is 52.0 Å². The summed E-state index contributed by atoms with van der Waals surface area (Å²) in [5.74, 6) is 0.273. The summed E-state index contributed by atoms with van der Waals surface area (Å²) < 4.78 is 39.3. The van der Waals surface area contributed by atoms with E-state index < -0.39 is 36.5 Å². The van der Waals surface area contributed by atoms with Crippen LogP contribution in [-0.2, 0) is 54.7 Å². The summed E-state index contributed by atoms with van der Waals surface area (Å²) in [6, 6.07) is 53.5. The number of halogens is 1. The van der Waals surface area contributed by atoms with E-state index in [-0.39, 0.29) is 19.8 Å². The van der Waals surface area contributed by atoms with Gasteiger partial charge in [-0.05, 0) is 76.6 Å². The third-order valence-electron chi connectivity index (χ3n) is 10.3. The van der Waals surface area contributed by atoms with E-state index >= 15 is 0 Å². The highest BCUT2D eigenvalue weighted by Crippen LogP contribution is 2.42. The molecule has 6 aromatic carbocycles. The standard InChI is InChI=1S/C51H49ClO7/c1-3-55-43-27-24-37(25-28-43)30-42-32-41(26-29-45(42)52)46-48(56-33-38-18-10-5-11-19-38)50(58-35-40-22-14-7-15-23-40)49(57-34-39-20-12-6-13-21-39)47(59-46)44(51(53)54-2)31-36-16-8-4-9-17-36/h4-29,31-32,46-50H,3,30,33-35H2,1-2H3/t46-,47+,48-,49+,50+/m0/s1. The fourth-order valence-electron chi connectivity index (χ4n) is 7.32. The molecule has 0 aromatic heterocycles. The van der Waals surface area contributed by atoms with Crippen molar-refractivity contribution >= 4 is 23.6 Å². The zero-order chi connectivity index (χ0) is 40.8. The van der Waals surface area contributed by atoms with E-state index in [1.165, 1.54) is 7.11 Å². The lowest BCUT2D eigenvalue weighted by Crippen LogP contribution is -2.58. The lowest BCUT2D eigenvalue weighted by atomic mass is 9.86. The van der Waals surface area contributed by atoms with E-state index in [1.807, 2.05) is 171 Å². The van der Waals surface area contributed by atoms with Crippen molar-refractivity contribution in [3.8, 4) is 5.75 Å². The molecule has 6 aromatic rings. The van der Waals surface area contributed by atoms with E-state index in [0.29, 0.717) is 23.6 Å². The predicted molar refractivity (Wildman–Crippen MR) is 231 cm³/mol. The van der Waals surface area contributed by atoms with Crippen molar-refractivity contribution in [3.63, 3.8) is 0 Å². The number of hydrogen-bond donors (Lipinski definition) is 0. The van der Waals surface area contributed by atoms with Crippen molar-refractivity contribution in [3.05, 3.63) is 213 Å². The summed E-state index contributed by atoms with van der Waals surface area (Å²) in [4.78, 5) is 14.0. The van der Waals surface area contributed by atoms with Gasteiger partial charge >= 0.3 is 5.97 Å². The molecule has 1 heterocycles. The first-order chi connectivity index (χ1) is 29.0. The molecule has 59 heavy (non-hydrogen) atoms. The highest BCUT2D eigenvalue weighted by molar-refractivity contribution is 6.31. The zero-order valence-corrected chi connectivity index (χ0v) is 34.1. The lowest BCUT2D eigenvalue weighted by Gasteiger charge is -2.47. The molecule has 5 atom stereocenters. The number of benzene rings is 6. The van der Waals surface area contributed by atoms with E-state index in [9.17, 15) is 4.79 Å². The van der Waals surface area contributed by atoms with Crippen LogP contribution in [0, 0.1) is 0 Å². The molecule has 0 amide bonds. The molecule has 0 spiro atoms. The molecular weight excluding hydrogens is 760 g/mol. The van der Waals surface area contributed by atoms with Crippen molar-refractivity contribution < 1.29 is 33.2 Å². The molecule has 0 unspecified atom stereocenters. The van der Waals surface area contributed by atoms with Gasteiger partial charge in [0.1, 0.15) is 36.3 Å². The Kier molecular flexibility index (Phi) is 14.8. The molecule has 0 bridgehead atoms. The SMILES string of the molecule is CCOc1ccc(Cc2cc([C@@H]3O[C@H](C(=Cc4ccccc4)C(=O)OC)[C@@H](OCc4ccccc4)[C@H](OCc4ccccc4)[C@H]3OCc3ccccc3)ccc2Cl)cc1. The molecule has 302 valence electrons. The minimum Gasteiger partial charge on any atom is -0.494 e. The first kappa shape index (κ1) is 41.6. The Bertz CT molecular complexity index is 2230. The summed E-state index contributed by atoms with van der Waals surface area (Å²) in [6.45, 7) is 3.34. The fraction of sp³-hybridized carbons (Fsp3) is 0.235. The van der Waals surface area contributed by atoms with Gasteiger partial charge in [0.05, 0.1) is 39.1 Å². The van der Waals surface area contributed by atoms with E-state index in [1.54, 1.807) is 0 Å². The molecule has 7 rings (SSSR count). The minimum absolute atomic E-state index is 0.236.